The highest BCUT2D eigenvalue weighted by Gasteiger charge is 2.19. The van der Waals surface area contributed by atoms with Gasteiger partial charge in [0.05, 0.1) is 12.4 Å². The molecule has 0 aliphatic carbocycles. The molecule has 0 N–H and O–H groups in total. The zero-order chi connectivity index (χ0) is 13.7. The number of hydrogen-bond acceptors (Lipinski definition) is 4. The Hall–Kier alpha value is -1.69. The van der Waals surface area contributed by atoms with Crippen LogP contribution in [0.15, 0.2) is 12.4 Å². The van der Waals surface area contributed by atoms with Gasteiger partial charge in [-0.1, -0.05) is 11.6 Å². The van der Waals surface area contributed by atoms with Crippen molar-refractivity contribution < 1.29 is 9.59 Å². The quantitative estimate of drug-likeness (QED) is 0.807. The second-order valence-electron chi connectivity index (χ2n) is 3.83. The Morgan fingerprint density at radius 3 is 2.39 bits per heavy atom. The molecule has 0 saturated heterocycles. The van der Waals surface area contributed by atoms with Crippen molar-refractivity contribution in [3.63, 3.8) is 0 Å². The third-order valence-electron chi connectivity index (χ3n) is 2.33. The Bertz CT molecular complexity index is 433. The minimum absolute atomic E-state index is 0.0205. The lowest BCUT2D eigenvalue weighted by molar-refractivity contribution is -0.129. The van der Waals surface area contributed by atoms with E-state index in [0.29, 0.717) is 6.54 Å². The van der Waals surface area contributed by atoms with Crippen LogP contribution in [0.2, 0.25) is 5.15 Å². The average molecular weight is 271 g/mol. The standard InChI is InChI=1S/C11H15ClN4O2/c1-4-16(7-10(17)15(2)3)11(18)8-5-14-9(12)6-13-8/h5-6H,4,7H2,1-3H3. The molecule has 6 nitrogen and oxygen atoms in total. The normalized spacial score (nSPS) is 10.0. The molecule has 1 rings (SSSR count). The summed E-state index contributed by atoms with van der Waals surface area (Å²) in [5.74, 6) is -0.482. The monoisotopic (exact) mass is 270 g/mol. The lowest BCUT2D eigenvalue weighted by Crippen LogP contribution is -2.40. The number of aromatic nitrogens is 2. The van der Waals surface area contributed by atoms with E-state index in [1.807, 2.05) is 0 Å². The molecule has 0 aliphatic heterocycles. The molecule has 0 spiro atoms. The maximum Gasteiger partial charge on any atom is 0.274 e. The van der Waals surface area contributed by atoms with Crippen LogP contribution in [0.5, 0.6) is 0 Å². The second-order valence-corrected chi connectivity index (χ2v) is 4.22. The third-order valence-corrected chi connectivity index (χ3v) is 2.53. The van der Waals surface area contributed by atoms with Gasteiger partial charge in [-0.25, -0.2) is 9.97 Å². The Kier molecular flexibility index (Phi) is 5.03. The van der Waals surface area contributed by atoms with Crippen molar-refractivity contribution >= 4 is 23.4 Å². The highest BCUT2D eigenvalue weighted by Crippen LogP contribution is 2.05. The van der Waals surface area contributed by atoms with Crippen molar-refractivity contribution in [3.8, 4) is 0 Å². The van der Waals surface area contributed by atoms with Crippen LogP contribution in [-0.2, 0) is 4.79 Å². The molecule has 7 heteroatoms. The Morgan fingerprint density at radius 1 is 1.28 bits per heavy atom. The zero-order valence-electron chi connectivity index (χ0n) is 10.6. The molecule has 0 aromatic carbocycles. The molecule has 0 saturated carbocycles. The smallest absolute Gasteiger partial charge is 0.274 e. The molecule has 0 bridgehead atoms. The van der Waals surface area contributed by atoms with Crippen LogP contribution in [-0.4, -0.2) is 58.8 Å². The summed E-state index contributed by atoms with van der Waals surface area (Å²) in [6, 6.07) is 0. The molecule has 0 atom stereocenters. The van der Waals surface area contributed by atoms with Crippen LogP contribution in [0.25, 0.3) is 0 Å². The maximum atomic E-state index is 12.1. The van der Waals surface area contributed by atoms with Gasteiger partial charge in [-0.3, -0.25) is 9.59 Å². The van der Waals surface area contributed by atoms with Crippen LogP contribution < -0.4 is 0 Å². The highest BCUT2D eigenvalue weighted by atomic mass is 35.5. The van der Waals surface area contributed by atoms with Crippen LogP contribution in [0.3, 0.4) is 0 Å². The van der Waals surface area contributed by atoms with Crippen LogP contribution in [0.4, 0.5) is 0 Å². The summed E-state index contributed by atoms with van der Waals surface area (Å²) in [5, 5.41) is 0.221. The molecule has 1 heterocycles. The summed E-state index contributed by atoms with van der Waals surface area (Å²) >= 11 is 5.60. The van der Waals surface area contributed by atoms with E-state index in [-0.39, 0.29) is 29.2 Å². The fraction of sp³-hybridized carbons (Fsp3) is 0.455. The van der Waals surface area contributed by atoms with Gasteiger partial charge in [-0.15, -0.1) is 0 Å². The van der Waals surface area contributed by atoms with Crippen molar-refractivity contribution in [3.05, 3.63) is 23.2 Å². The van der Waals surface area contributed by atoms with E-state index in [2.05, 4.69) is 9.97 Å². The fourth-order valence-corrected chi connectivity index (χ4v) is 1.31. The summed E-state index contributed by atoms with van der Waals surface area (Å²) in [4.78, 5) is 34.1. The molecular formula is C11H15ClN4O2. The maximum absolute atomic E-state index is 12.1. The molecule has 0 unspecified atom stereocenters. The molecule has 0 aliphatic rings. The van der Waals surface area contributed by atoms with E-state index in [1.165, 1.54) is 22.2 Å². The van der Waals surface area contributed by atoms with Crippen molar-refractivity contribution in [2.45, 2.75) is 6.92 Å². The van der Waals surface area contributed by atoms with E-state index >= 15 is 0 Å². The van der Waals surface area contributed by atoms with E-state index in [9.17, 15) is 9.59 Å². The Morgan fingerprint density at radius 2 is 1.94 bits per heavy atom. The predicted octanol–water partition coefficient (Wildman–Crippen LogP) is 0.680. The van der Waals surface area contributed by atoms with Gasteiger partial charge >= 0.3 is 0 Å². The number of amides is 2. The van der Waals surface area contributed by atoms with Crippen molar-refractivity contribution in [1.29, 1.82) is 0 Å². The first-order valence-electron chi connectivity index (χ1n) is 5.42. The van der Waals surface area contributed by atoms with Gasteiger partial charge in [0.25, 0.3) is 5.91 Å². The number of likely N-dealkylation sites (N-methyl/N-ethyl adjacent to an activating group) is 2. The predicted molar refractivity (Wildman–Crippen MR) is 67.3 cm³/mol. The number of halogens is 1. The fourth-order valence-electron chi connectivity index (χ4n) is 1.22. The number of carbonyl (C=O) groups excluding carboxylic acids is 2. The van der Waals surface area contributed by atoms with E-state index in [1.54, 1.807) is 21.0 Å². The lowest BCUT2D eigenvalue weighted by Gasteiger charge is -2.21. The van der Waals surface area contributed by atoms with Crippen molar-refractivity contribution in [2.24, 2.45) is 0 Å². The first kappa shape index (κ1) is 14.4. The molecule has 0 fully saturated rings. The van der Waals surface area contributed by atoms with Gasteiger partial charge in [-0.2, -0.15) is 0 Å². The summed E-state index contributed by atoms with van der Waals surface area (Å²) in [7, 11) is 3.28. The lowest BCUT2D eigenvalue weighted by atomic mass is 10.3. The van der Waals surface area contributed by atoms with Gasteiger partial charge < -0.3 is 9.80 Å². The van der Waals surface area contributed by atoms with E-state index in [4.69, 9.17) is 11.6 Å². The Labute approximate surface area is 111 Å². The van der Waals surface area contributed by atoms with E-state index in [0.717, 1.165) is 0 Å². The number of rotatable bonds is 4. The molecule has 2 amide bonds. The topological polar surface area (TPSA) is 66.4 Å². The molecule has 0 radical (unpaired) electrons. The van der Waals surface area contributed by atoms with Gasteiger partial charge in [0, 0.05) is 20.6 Å². The molecule has 1 aromatic heterocycles. The number of hydrogen-bond donors (Lipinski definition) is 0. The largest absolute Gasteiger partial charge is 0.347 e. The summed E-state index contributed by atoms with van der Waals surface area (Å²) in [6.45, 7) is 2.24. The van der Waals surface area contributed by atoms with Gasteiger partial charge in [0.1, 0.15) is 17.4 Å². The summed E-state index contributed by atoms with van der Waals surface area (Å²) in [6.07, 6.45) is 2.60. The summed E-state index contributed by atoms with van der Waals surface area (Å²) in [5.41, 5.74) is 0.174. The molecular weight excluding hydrogens is 256 g/mol. The van der Waals surface area contributed by atoms with Crippen LogP contribution in [0.1, 0.15) is 17.4 Å². The average Bonchev–Trinajstić information content (AvgIpc) is 2.35. The second kappa shape index (κ2) is 6.30. The number of carbonyl (C=O) groups is 2. The molecule has 1 aromatic rings. The van der Waals surface area contributed by atoms with Crippen LogP contribution in [0, 0.1) is 0 Å². The van der Waals surface area contributed by atoms with Gasteiger partial charge in [-0.05, 0) is 6.92 Å². The minimum Gasteiger partial charge on any atom is -0.347 e. The van der Waals surface area contributed by atoms with Crippen LogP contribution >= 0.6 is 11.6 Å². The minimum atomic E-state index is -0.336. The molecule has 98 valence electrons. The SMILES string of the molecule is CCN(CC(=O)N(C)C)C(=O)c1cnc(Cl)cn1. The van der Waals surface area contributed by atoms with E-state index < -0.39 is 0 Å². The first-order valence-corrected chi connectivity index (χ1v) is 5.80. The molecule has 18 heavy (non-hydrogen) atoms. The summed E-state index contributed by atoms with van der Waals surface area (Å²) < 4.78 is 0. The third kappa shape index (κ3) is 3.66. The Balaban J connectivity index is 2.79. The van der Waals surface area contributed by atoms with Crippen molar-refractivity contribution in [1.82, 2.24) is 19.8 Å². The number of nitrogens with zero attached hydrogens (tertiary/aromatic N) is 4. The van der Waals surface area contributed by atoms with Crippen molar-refractivity contribution in [2.75, 3.05) is 27.2 Å². The zero-order valence-corrected chi connectivity index (χ0v) is 11.3. The van der Waals surface area contributed by atoms with Gasteiger partial charge in [0.15, 0.2) is 0 Å². The highest BCUT2D eigenvalue weighted by molar-refractivity contribution is 6.29. The van der Waals surface area contributed by atoms with Gasteiger partial charge in [0.2, 0.25) is 5.91 Å². The first-order chi connectivity index (χ1) is 8.45.